The van der Waals surface area contributed by atoms with Crippen LogP contribution in [0, 0.1) is 0 Å². The van der Waals surface area contributed by atoms with Gasteiger partial charge in [-0.3, -0.25) is 0 Å². The molecule has 0 saturated carbocycles. The number of benzene rings is 2. The Morgan fingerprint density at radius 2 is 1.59 bits per heavy atom. The molecule has 2 N–H and O–H groups in total. The number of rotatable bonds is 5. The normalized spacial score (nSPS) is 10.2. The van der Waals surface area contributed by atoms with E-state index in [1.165, 1.54) is 11.9 Å². The van der Waals surface area contributed by atoms with Crippen LogP contribution in [0.25, 0.3) is 0 Å². The lowest BCUT2D eigenvalue weighted by Crippen LogP contribution is -2.03. The maximum atomic E-state index is 5.88. The van der Waals surface area contributed by atoms with Crippen molar-refractivity contribution in [3.8, 4) is 0 Å². The minimum absolute atomic E-state index is 0.707. The molecular weight excluding hydrogens is 296 g/mol. The van der Waals surface area contributed by atoms with Gasteiger partial charge in [0.25, 0.3) is 0 Å². The summed E-state index contributed by atoms with van der Waals surface area (Å²) in [5.41, 5.74) is 2.13. The Kier molecular flexibility index (Phi) is 4.51. The zero-order chi connectivity index (χ0) is 15.2. The molecule has 3 rings (SSSR count). The van der Waals surface area contributed by atoms with Crippen LogP contribution in [0.15, 0.2) is 67.0 Å². The van der Waals surface area contributed by atoms with Crippen LogP contribution in [0.5, 0.6) is 0 Å². The number of hydrogen-bond donors (Lipinski definition) is 2. The van der Waals surface area contributed by atoms with Crippen molar-refractivity contribution >= 4 is 28.9 Å². The average molecular weight is 311 g/mol. The third kappa shape index (κ3) is 3.96. The molecule has 0 spiro atoms. The summed E-state index contributed by atoms with van der Waals surface area (Å²) in [6.07, 6.45) is 1.53. The summed E-state index contributed by atoms with van der Waals surface area (Å²) in [5.74, 6) is 1.50. The molecule has 3 aromatic rings. The van der Waals surface area contributed by atoms with Crippen molar-refractivity contribution in [3.05, 3.63) is 77.6 Å². The molecule has 5 heteroatoms. The lowest BCUT2D eigenvalue weighted by molar-refractivity contribution is 1.08. The summed E-state index contributed by atoms with van der Waals surface area (Å²) < 4.78 is 0. The average Bonchev–Trinajstić information content (AvgIpc) is 2.57. The molecule has 1 heterocycles. The molecule has 1 aromatic heterocycles. The summed E-state index contributed by atoms with van der Waals surface area (Å²) in [4.78, 5) is 8.44. The highest BCUT2D eigenvalue weighted by Gasteiger charge is 2.00. The molecule has 0 saturated heterocycles. The highest BCUT2D eigenvalue weighted by atomic mass is 35.5. The monoisotopic (exact) mass is 310 g/mol. The van der Waals surface area contributed by atoms with Gasteiger partial charge in [-0.05, 0) is 29.8 Å². The van der Waals surface area contributed by atoms with E-state index >= 15 is 0 Å². The number of anilines is 3. The van der Waals surface area contributed by atoms with Crippen LogP contribution in [0.4, 0.5) is 17.3 Å². The van der Waals surface area contributed by atoms with E-state index in [0.29, 0.717) is 5.02 Å². The second-order valence-corrected chi connectivity index (χ2v) is 5.20. The number of aromatic nitrogens is 2. The topological polar surface area (TPSA) is 49.8 Å². The first-order chi connectivity index (χ1) is 10.8. The highest BCUT2D eigenvalue weighted by molar-refractivity contribution is 6.30. The van der Waals surface area contributed by atoms with Crippen molar-refractivity contribution < 1.29 is 0 Å². The van der Waals surface area contributed by atoms with Gasteiger partial charge < -0.3 is 10.6 Å². The first-order valence-corrected chi connectivity index (χ1v) is 7.30. The van der Waals surface area contributed by atoms with Gasteiger partial charge in [-0.15, -0.1) is 0 Å². The van der Waals surface area contributed by atoms with E-state index in [2.05, 4.69) is 32.7 Å². The fraction of sp³-hybridized carbons (Fsp3) is 0.0588. The fourth-order valence-corrected chi connectivity index (χ4v) is 2.12. The summed E-state index contributed by atoms with van der Waals surface area (Å²) in [6, 6.07) is 19.5. The Labute approximate surface area is 134 Å². The summed E-state index contributed by atoms with van der Waals surface area (Å²) in [7, 11) is 0. The summed E-state index contributed by atoms with van der Waals surface area (Å²) in [6.45, 7) is 0.720. The van der Waals surface area contributed by atoms with Crippen molar-refractivity contribution in [2.24, 2.45) is 0 Å². The third-order valence-electron chi connectivity index (χ3n) is 3.10. The van der Waals surface area contributed by atoms with Crippen LogP contribution < -0.4 is 10.6 Å². The molecule has 0 amide bonds. The van der Waals surface area contributed by atoms with Gasteiger partial charge in [-0.1, -0.05) is 41.9 Å². The van der Waals surface area contributed by atoms with Gasteiger partial charge >= 0.3 is 0 Å². The Balaban J connectivity index is 1.66. The quantitative estimate of drug-likeness (QED) is 0.729. The van der Waals surface area contributed by atoms with Crippen LogP contribution >= 0.6 is 11.6 Å². The van der Waals surface area contributed by atoms with Crippen molar-refractivity contribution in [3.63, 3.8) is 0 Å². The third-order valence-corrected chi connectivity index (χ3v) is 3.35. The van der Waals surface area contributed by atoms with Crippen molar-refractivity contribution in [2.45, 2.75) is 6.54 Å². The van der Waals surface area contributed by atoms with Crippen molar-refractivity contribution in [1.29, 1.82) is 0 Å². The minimum Gasteiger partial charge on any atom is -0.366 e. The molecule has 22 heavy (non-hydrogen) atoms. The Morgan fingerprint density at radius 3 is 2.36 bits per heavy atom. The van der Waals surface area contributed by atoms with Gasteiger partial charge in [-0.25, -0.2) is 9.97 Å². The summed E-state index contributed by atoms with van der Waals surface area (Å²) >= 11 is 5.88. The molecule has 0 fully saturated rings. The highest BCUT2D eigenvalue weighted by Crippen LogP contribution is 2.18. The predicted octanol–water partition coefficient (Wildman–Crippen LogP) is 4.49. The molecule has 0 radical (unpaired) electrons. The van der Waals surface area contributed by atoms with Crippen LogP contribution in [-0.4, -0.2) is 9.97 Å². The molecule has 4 nitrogen and oxygen atoms in total. The number of hydrogen-bond acceptors (Lipinski definition) is 4. The van der Waals surface area contributed by atoms with Gasteiger partial charge in [0.2, 0.25) is 0 Å². The van der Waals surface area contributed by atoms with E-state index in [9.17, 15) is 0 Å². The SMILES string of the molecule is Clc1ccc(Nc2cc(NCc3ccccc3)ncn2)cc1. The van der Waals surface area contributed by atoms with E-state index in [4.69, 9.17) is 11.6 Å². The largest absolute Gasteiger partial charge is 0.366 e. The molecule has 0 aliphatic rings. The summed E-state index contributed by atoms with van der Waals surface area (Å²) in [5, 5.41) is 7.21. The number of nitrogens with one attached hydrogen (secondary N) is 2. The van der Waals surface area contributed by atoms with Crippen molar-refractivity contribution in [1.82, 2.24) is 9.97 Å². The Morgan fingerprint density at radius 1 is 0.864 bits per heavy atom. The van der Waals surface area contributed by atoms with Crippen LogP contribution in [0.3, 0.4) is 0 Å². The van der Waals surface area contributed by atoms with Gasteiger partial charge in [0.15, 0.2) is 0 Å². The molecular formula is C17H15ClN4. The fourth-order valence-electron chi connectivity index (χ4n) is 1.99. The predicted molar refractivity (Wildman–Crippen MR) is 90.5 cm³/mol. The molecule has 0 atom stereocenters. The lowest BCUT2D eigenvalue weighted by atomic mass is 10.2. The van der Waals surface area contributed by atoms with Gasteiger partial charge in [-0.2, -0.15) is 0 Å². The Hall–Kier alpha value is -2.59. The Bertz CT molecular complexity index is 729. The minimum atomic E-state index is 0.707. The molecule has 110 valence electrons. The first kappa shape index (κ1) is 14.4. The molecule has 0 bridgehead atoms. The maximum Gasteiger partial charge on any atom is 0.135 e. The molecule has 0 unspecified atom stereocenters. The van der Waals surface area contributed by atoms with E-state index in [-0.39, 0.29) is 0 Å². The van der Waals surface area contributed by atoms with Gasteiger partial charge in [0, 0.05) is 23.3 Å². The van der Waals surface area contributed by atoms with Crippen LogP contribution in [-0.2, 0) is 6.54 Å². The second kappa shape index (κ2) is 6.91. The lowest BCUT2D eigenvalue weighted by Gasteiger charge is -2.09. The smallest absolute Gasteiger partial charge is 0.135 e. The zero-order valence-corrected chi connectivity index (χ0v) is 12.6. The second-order valence-electron chi connectivity index (χ2n) is 4.76. The van der Waals surface area contributed by atoms with Crippen LogP contribution in [0.1, 0.15) is 5.56 Å². The maximum absolute atomic E-state index is 5.88. The van der Waals surface area contributed by atoms with E-state index in [1.54, 1.807) is 0 Å². The van der Waals surface area contributed by atoms with Crippen LogP contribution in [0.2, 0.25) is 5.02 Å². The number of halogens is 1. The zero-order valence-electron chi connectivity index (χ0n) is 11.8. The molecule has 0 aliphatic heterocycles. The molecule has 0 aliphatic carbocycles. The van der Waals surface area contributed by atoms with Gasteiger partial charge in [0.1, 0.15) is 18.0 Å². The standard InChI is InChI=1S/C17H15ClN4/c18-14-6-8-15(9-7-14)22-17-10-16(20-12-21-17)19-11-13-4-2-1-3-5-13/h1-10,12H,11H2,(H2,19,20,21,22). The van der Waals surface area contributed by atoms with Gasteiger partial charge in [0.05, 0.1) is 0 Å². The van der Waals surface area contributed by atoms with E-state index in [0.717, 1.165) is 23.9 Å². The first-order valence-electron chi connectivity index (χ1n) is 6.92. The van der Waals surface area contributed by atoms with E-state index in [1.807, 2.05) is 48.5 Å². The van der Waals surface area contributed by atoms with E-state index < -0.39 is 0 Å². The number of nitrogens with zero attached hydrogens (tertiary/aromatic N) is 2. The molecule has 2 aromatic carbocycles. The van der Waals surface area contributed by atoms with Crippen molar-refractivity contribution in [2.75, 3.05) is 10.6 Å².